The molecule has 0 N–H and O–H groups in total. The smallest absolute Gasteiger partial charge is 0.0840 e. The van der Waals surface area contributed by atoms with E-state index in [4.69, 9.17) is 0 Å². The lowest BCUT2D eigenvalue weighted by atomic mass is 10.1. The van der Waals surface area contributed by atoms with Crippen molar-refractivity contribution in [2.45, 2.75) is 13.8 Å². The van der Waals surface area contributed by atoms with Crippen molar-refractivity contribution in [2.75, 3.05) is 0 Å². The maximum atomic E-state index is 4.30. The van der Waals surface area contributed by atoms with Gasteiger partial charge in [0.2, 0.25) is 0 Å². The van der Waals surface area contributed by atoms with Crippen LogP contribution >= 0.6 is 22.7 Å². The molecule has 0 spiro atoms. The highest BCUT2D eigenvalue weighted by Gasteiger charge is 2.03. The quantitative estimate of drug-likeness (QED) is 0.428. The van der Waals surface area contributed by atoms with Gasteiger partial charge in [-0.1, -0.05) is 60.7 Å². The third-order valence-electron chi connectivity index (χ3n) is 3.57. The first-order valence-corrected chi connectivity index (χ1v) is 9.42. The monoisotopic (exact) mass is 350 g/mol. The lowest BCUT2D eigenvalue weighted by molar-refractivity contribution is 1.27. The Balaban J connectivity index is 0.000000141. The molecule has 2 nitrogen and oxygen atoms in total. The van der Waals surface area contributed by atoms with Crippen LogP contribution in [0.3, 0.4) is 0 Å². The van der Waals surface area contributed by atoms with Crippen LogP contribution in [0.5, 0.6) is 0 Å². The van der Waals surface area contributed by atoms with E-state index in [1.54, 1.807) is 22.7 Å². The van der Waals surface area contributed by atoms with E-state index in [-0.39, 0.29) is 0 Å². The van der Waals surface area contributed by atoms with Crippen molar-refractivity contribution in [3.05, 3.63) is 82.3 Å². The third-order valence-corrected chi connectivity index (χ3v) is 5.31. The largest absolute Gasteiger partial charge is 0.249 e. The molecule has 0 atom stereocenters. The molecular weight excluding hydrogens is 332 g/mol. The summed E-state index contributed by atoms with van der Waals surface area (Å²) in [5.74, 6) is 0. The van der Waals surface area contributed by atoms with E-state index in [9.17, 15) is 0 Å². The summed E-state index contributed by atoms with van der Waals surface area (Å²) in [7, 11) is 0. The fraction of sp³-hybridized carbons (Fsp3) is 0.100. The van der Waals surface area contributed by atoms with Crippen LogP contribution in [0.1, 0.15) is 10.6 Å². The van der Waals surface area contributed by atoms with Gasteiger partial charge in [0.1, 0.15) is 0 Å². The SMILES string of the molecule is Cc1ncsc1-c1ccccc1.Cc1scnc1-c1ccccc1. The zero-order valence-corrected chi connectivity index (χ0v) is 15.3. The number of aryl methyl sites for hydroxylation is 2. The first-order valence-electron chi connectivity index (χ1n) is 7.66. The fourth-order valence-electron chi connectivity index (χ4n) is 2.35. The van der Waals surface area contributed by atoms with Crippen molar-refractivity contribution in [1.29, 1.82) is 0 Å². The molecule has 2 aromatic carbocycles. The molecule has 4 rings (SSSR count). The minimum absolute atomic E-state index is 1.11. The van der Waals surface area contributed by atoms with E-state index in [1.165, 1.54) is 20.9 Å². The molecule has 0 bridgehead atoms. The van der Waals surface area contributed by atoms with Crippen LogP contribution in [0.25, 0.3) is 21.7 Å². The van der Waals surface area contributed by atoms with Gasteiger partial charge in [0.15, 0.2) is 0 Å². The Morgan fingerprint density at radius 1 is 0.667 bits per heavy atom. The van der Waals surface area contributed by atoms with Crippen molar-refractivity contribution in [3.63, 3.8) is 0 Å². The lowest BCUT2D eigenvalue weighted by Crippen LogP contribution is -1.77. The van der Waals surface area contributed by atoms with Gasteiger partial charge in [-0.05, 0) is 19.4 Å². The second kappa shape index (κ2) is 7.99. The number of hydrogen-bond acceptors (Lipinski definition) is 4. The summed E-state index contributed by atoms with van der Waals surface area (Å²) < 4.78 is 0. The van der Waals surface area contributed by atoms with Crippen molar-refractivity contribution in [3.8, 4) is 21.7 Å². The molecule has 0 saturated heterocycles. The summed E-state index contributed by atoms with van der Waals surface area (Å²) in [5.41, 5.74) is 8.47. The number of thiazole rings is 2. The van der Waals surface area contributed by atoms with E-state index in [0.717, 1.165) is 11.4 Å². The van der Waals surface area contributed by atoms with Crippen molar-refractivity contribution < 1.29 is 0 Å². The predicted octanol–water partition coefficient (Wildman–Crippen LogP) is 6.24. The number of rotatable bonds is 2. The number of nitrogens with zero attached hydrogens (tertiary/aromatic N) is 2. The highest BCUT2D eigenvalue weighted by Crippen LogP contribution is 2.26. The number of aromatic nitrogens is 2. The first-order chi connectivity index (χ1) is 11.8. The number of hydrogen-bond donors (Lipinski definition) is 0. The zero-order valence-electron chi connectivity index (χ0n) is 13.6. The molecule has 0 fully saturated rings. The topological polar surface area (TPSA) is 25.8 Å². The Bertz CT molecular complexity index is 804. The minimum Gasteiger partial charge on any atom is -0.249 e. The van der Waals surface area contributed by atoms with E-state index in [0.29, 0.717) is 0 Å². The average Bonchev–Trinajstić information content (AvgIpc) is 3.25. The van der Waals surface area contributed by atoms with Crippen LogP contribution in [0.4, 0.5) is 0 Å². The van der Waals surface area contributed by atoms with Crippen molar-refractivity contribution >= 4 is 22.7 Å². The molecule has 0 unspecified atom stereocenters. The van der Waals surface area contributed by atoms with E-state index in [2.05, 4.69) is 53.3 Å². The van der Waals surface area contributed by atoms with Gasteiger partial charge < -0.3 is 0 Å². The molecule has 2 aromatic heterocycles. The summed E-state index contributed by atoms with van der Waals surface area (Å²) in [6.45, 7) is 4.14. The molecule has 4 heteroatoms. The maximum Gasteiger partial charge on any atom is 0.0840 e. The Kier molecular flexibility index (Phi) is 5.51. The summed E-state index contributed by atoms with van der Waals surface area (Å²) in [5, 5.41) is 0. The second-order valence-electron chi connectivity index (χ2n) is 5.26. The molecule has 0 saturated carbocycles. The molecule has 0 amide bonds. The van der Waals surface area contributed by atoms with Gasteiger partial charge in [0.25, 0.3) is 0 Å². The van der Waals surface area contributed by atoms with Crippen LogP contribution in [0.2, 0.25) is 0 Å². The number of benzene rings is 2. The lowest BCUT2D eigenvalue weighted by Gasteiger charge is -1.96. The Hall–Kier alpha value is -2.30. The summed E-state index contributed by atoms with van der Waals surface area (Å²) >= 11 is 3.38. The zero-order chi connectivity index (χ0) is 16.8. The molecule has 0 aliphatic rings. The molecule has 2 heterocycles. The van der Waals surface area contributed by atoms with Crippen molar-refractivity contribution in [1.82, 2.24) is 9.97 Å². The minimum atomic E-state index is 1.11. The Labute approximate surface area is 150 Å². The summed E-state index contributed by atoms with van der Waals surface area (Å²) in [6, 6.07) is 20.6. The van der Waals surface area contributed by atoms with Crippen LogP contribution < -0.4 is 0 Å². The van der Waals surface area contributed by atoms with Gasteiger partial charge in [0.05, 0.1) is 27.3 Å². The van der Waals surface area contributed by atoms with Gasteiger partial charge >= 0.3 is 0 Å². The van der Waals surface area contributed by atoms with E-state index in [1.807, 2.05) is 42.2 Å². The fourth-order valence-corrected chi connectivity index (χ4v) is 3.76. The molecule has 24 heavy (non-hydrogen) atoms. The van der Waals surface area contributed by atoms with Gasteiger partial charge in [-0.3, -0.25) is 0 Å². The van der Waals surface area contributed by atoms with E-state index < -0.39 is 0 Å². The molecule has 0 radical (unpaired) electrons. The Morgan fingerprint density at radius 2 is 1.25 bits per heavy atom. The van der Waals surface area contributed by atoms with Gasteiger partial charge in [-0.2, -0.15) is 0 Å². The molecule has 0 aliphatic carbocycles. The average molecular weight is 351 g/mol. The van der Waals surface area contributed by atoms with Crippen molar-refractivity contribution in [2.24, 2.45) is 0 Å². The molecular formula is C20H18N2S2. The standard InChI is InChI=1S/2C10H9NS/c1-8-10(11-7-12-8)9-5-3-2-4-6-9;1-8-10(12-7-11-8)9-5-3-2-4-6-9/h2*2-7H,1H3. The summed E-state index contributed by atoms with van der Waals surface area (Å²) in [4.78, 5) is 11.1. The van der Waals surface area contributed by atoms with Crippen LogP contribution in [0.15, 0.2) is 71.7 Å². The molecule has 0 aliphatic heterocycles. The van der Waals surface area contributed by atoms with Gasteiger partial charge in [-0.25, -0.2) is 9.97 Å². The first kappa shape index (κ1) is 16.6. The van der Waals surface area contributed by atoms with E-state index >= 15 is 0 Å². The third kappa shape index (κ3) is 3.96. The highest BCUT2D eigenvalue weighted by molar-refractivity contribution is 7.13. The van der Waals surface area contributed by atoms with Gasteiger partial charge in [0, 0.05) is 10.4 Å². The van der Waals surface area contributed by atoms with Crippen LogP contribution in [-0.4, -0.2) is 9.97 Å². The predicted molar refractivity (Wildman–Crippen MR) is 105 cm³/mol. The maximum absolute atomic E-state index is 4.30. The Morgan fingerprint density at radius 3 is 1.75 bits per heavy atom. The second-order valence-corrected chi connectivity index (χ2v) is 7.17. The highest BCUT2D eigenvalue weighted by atomic mass is 32.1. The molecule has 120 valence electrons. The molecule has 4 aromatic rings. The van der Waals surface area contributed by atoms with Gasteiger partial charge in [-0.15, -0.1) is 22.7 Å². The summed E-state index contributed by atoms with van der Waals surface area (Å²) in [6.07, 6.45) is 0. The normalized spacial score (nSPS) is 10.1. The van der Waals surface area contributed by atoms with Crippen LogP contribution in [-0.2, 0) is 0 Å². The van der Waals surface area contributed by atoms with Crippen LogP contribution in [0, 0.1) is 13.8 Å².